The molecule has 1 heterocycles. The molecule has 1 aromatic rings. The summed E-state index contributed by atoms with van der Waals surface area (Å²) >= 11 is 1.25. The second-order valence-electron chi connectivity index (χ2n) is 5.89. The SMILES string of the molecule is CC(C)(C)c1sc(C(C)(C)C)c(F)c1F. The van der Waals surface area contributed by atoms with Crippen LogP contribution in [0.1, 0.15) is 51.3 Å². The Morgan fingerprint density at radius 2 is 1.00 bits per heavy atom. The molecule has 0 aliphatic heterocycles. The third kappa shape index (κ3) is 2.39. The van der Waals surface area contributed by atoms with E-state index in [1.807, 2.05) is 41.5 Å². The molecule has 0 aliphatic rings. The Balaban J connectivity index is 3.38. The molecule has 1 rings (SSSR count). The van der Waals surface area contributed by atoms with Crippen LogP contribution in [-0.4, -0.2) is 0 Å². The van der Waals surface area contributed by atoms with Gasteiger partial charge in [-0.15, -0.1) is 11.3 Å². The van der Waals surface area contributed by atoms with Crippen LogP contribution in [0.4, 0.5) is 8.78 Å². The summed E-state index contributed by atoms with van der Waals surface area (Å²) in [7, 11) is 0. The lowest BCUT2D eigenvalue weighted by Crippen LogP contribution is -2.10. The van der Waals surface area contributed by atoms with Crippen LogP contribution in [0.2, 0.25) is 0 Å². The molecule has 0 atom stereocenters. The molecule has 0 fully saturated rings. The molecule has 0 nitrogen and oxygen atoms in total. The van der Waals surface area contributed by atoms with Gasteiger partial charge in [0.15, 0.2) is 11.6 Å². The minimum atomic E-state index is -0.669. The summed E-state index contributed by atoms with van der Waals surface area (Å²) in [5, 5.41) is 0. The highest BCUT2D eigenvalue weighted by Crippen LogP contribution is 2.40. The van der Waals surface area contributed by atoms with Crippen molar-refractivity contribution >= 4 is 11.3 Å². The normalized spacial score (nSPS) is 13.3. The molecule has 0 amide bonds. The zero-order chi connectivity index (χ0) is 12.0. The van der Waals surface area contributed by atoms with E-state index in [2.05, 4.69) is 0 Å². The number of rotatable bonds is 0. The van der Waals surface area contributed by atoms with Gasteiger partial charge >= 0.3 is 0 Å². The van der Waals surface area contributed by atoms with Crippen LogP contribution < -0.4 is 0 Å². The molecule has 0 radical (unpaired) electrons. The van der Waals surface area contributed by atoms with Crippen molar-refractivity contribution in [2.45, 2.75) is 52.4 Å². The van der Waals surface area contributed by atoms with Gasteiger partial charge in [0.25, 0.3) is 0 Å². The number of hydrogen-bond acceptors (Lipinski definition) is 1. The quantitative estimate of drug-likeness (QED) is 0.612. The Morgan fingerprint density at radius 3 is 1.13 bits per heavy atom. The van der Waals surface area contributed by atoms with Crippen molar-refractivity contribution in [1.29, 1.82) is 0 Å². The van der Waals surface area contributed by atoms with E-state index >= 15 is 0 Å². The van der Waals surface area contributed by atoms with Crippen LogP contribution in [0, 0.1) is 11.6 Å². The molecule has 0 unspecified atom stereocenters. The van der Waals surface area contributed by atoms with Gasteiger partial charge in [0.2, 0.25) is 0 Å². The summed E-state index contributed by atoms with van der Waals surface area (Å²) < 4.78 is 27.4. The summed E-state index contributed by atoms with van der Waals surface area (Å²) in [4.78, 5) is 1.01. The first-order valence-electron chi connectivity index (χ1n) is 5.04. The van der Waals surface area contributed by atoms with E-state index in [0.717, 1.165) is 0 Å². The van der Waals surface area contributed by atoms with Crippen LogP contribution >= 0.6 is 11.3 Å². The van der Waals surface area contributed by atoms with Crippen molar-refractivity contribution in [2.24, 2.45) is 0 Å². The van der Waals surface area contributed by atoms with Crippen LogP contribution in [0.15, 0.2) is 0 Å². The fourth-order valence-corrected chi connectivity index (χ4v) is 2.53. The van der Waals surface area contributed by atoms with E-state index in [-0.39, 0.29) is 10.8 Å². The third-order valence-corrected chi connectivity index (χ3v) is 4.15. The van der Waals surface area contributed by atoms with E-state index in [9.17, 15) is 8.78 Å². The highest BCUT2D eigenvalue weighted by atomic mass is 32.1. The summed E-state index contributed by atoms with van der Waals surface area (Å²) in [6.45, 7) is 11.4. The Morgan fingerprint density at radius 1 is 0.733 bits per heavy atom. The highest BCUT2D eigenvalue weighted by Gasteiger charge is 2.31. The molecule has 3 heteroatoms. The van der Waals surface area contributed by atoms with Crippen LogP contribution in [-0.2, 0) is 10.8 Å². The van der Waals surface area contributed by atoms with Crippen molar-refractivity contribution in [2.75, 3.05) is 0 Å². The van der Waals surface area contributed by atoms with Gasteiger partial charge in [0, 0.05) is 9.75 Å². The van der Waals surface area contributed by atoms with Gasteiger partial charge < -0.3 is 0 Å². The number of halogens is 2. The summed E-state index contributed by atoms with van der Waals surface area (Å²) in [5.74, 6) is -1.34. The number of thiophene rings is 1. The molecule has 0 saturated carbocycles. The molecule has 0 bridgehead atoms. The standard InChI is InChI=1S/C12H18F2S/c1-11(2,3)9-7(13)8(14)10(15-9)12(4,5)6/h1-6H3. The average Bonchev–Trinajstić information content (AvgIpc) is 2.26. The fourth-order valence-electron chi connectivity index (χ4n) is 1.36. The molecule has 0 aliphatic carbocycles. The summed E-state index contributed by atoms with van der Waals surface area (Å²) in [5.41, 5.74) is -0.668. The smallest absolute Gasteiger partial charge is 0.173 e. The van der Waals surface area contributed by atoms with E-state index in [4.69, 9.17) is 0 Å². The predicted octanol–water partition coefficient (Wildman–Crippen LogP) is 4.62. The topological polar surface area (TPSA) is 0 Å². The lowest BCUT2D eigenvalue weighted by atomic mass is 9.92. The molecule has 0 aromatic carbocycles. The van der Waals surface area contributed by atoms with Gasteiger partial charge in [-0.25, -0.2) is 8.78 Å². The van der Waals surface area contributed by atoms with E-state index < -0.39 is 11.6 Å². The maximum Gasteiger partial charge on any atom is 0.173 e. The molecule has 0 N–H and O–H groups in total. The molecule has 1 aromatic heterocycles. The average molecular weight is 232 g/mol. The lowest BCUT2D eigenvalue weighted by molar-refractivity contribution is 0.459. The molecule has 0 saturated heterocycles. The maximum atomic E-state index is 13.7. The molecule has 15 heavy (non-hydrogen) atoms. The van der Waals surface area contributed by atoms with Crippen molar-refractivity contribution < 1.29 is 8.78 Å². The second-order valence-corrected chi connectivity index (χ2v) is 6.91. The van der Waals surface area contributed by atoms with E-state index in [1.54, 1.807) is 0 Å². The summed E-state index contributed by atoms with van der Waals surface area (Å²) in [6.07, 6.45) is 0. The Bertz CT molecular complexity index is 330. The monoisotopic (exact) mass is 232 g/mol. The molecule has 86 valence electrons. The third-order valence-electron chi connectivity index (χ3n) is 2.16. The van der Waals surface area contributed by atoms with Crippen molar-refractivity contribution in [3.05, 3.63) is 21.4 Å². The van der Waals surface area contributed by atoms with E-state index in [0.29, 0.717) is 9.75 Å². The van der Waals surface area contributed by atoms with E-state index in [1.165, 1.54) is 11.3 Å². The van der Waals surface area contributed by atoms with Gasteiger partial charge in [-0.1, -0.05) is 41.5 Å². The van der Waals surface area contributed by atoms with Crippen molar-refractivity contribution in [3.63, 3.8) is 0 Å². The zero-order valence-electron chi connectivity index (χ0n) is 10.2. The predicted molar refractivity (Wildman–Crippen MR) is 61.6 cm³/mol. The second kappa shape index (κ2) is 3.55. The Hall–Kier alpha value is -0.440. The largest absolute Gasteiger partial charge is 0.202 e. The first-order valence-corrected chi connectivity index (χ1v) is 5.85. The minimum Gasteiger partial charge on any atom is -0.202 e. The van der Waals surface area contributed by atoms with Crippen LogP contribution in [0.25, 0.3) is 0 Å². The van der Waals surface area contributed by atoms with Gasteiger partial charge in [-0.2, -0.15) is 0 Å². The Kier molecular flexibility index (Phi) is 2.99. The van der Waals surface area contributed by atoms with Crippen molar-refractivity contribution in [3.8, 4) is 0 Å². The molecule has 0 spiro atoms. The van der Waals surface area contributed by atoms with Gasteiger partial charge in [0.1, 0.15) is 0 Å². The number of hydrogen-bond donors (Lipinski definition) is 0. The first-order chi connectivity index (χ1) is 6.55. The van der Waals surface area contributed by atoms with Gasteiger partial charge in [-0.3, -0.25) is 0 Å². The zero-order valence-corrected chi connectivity index (χ0v) is 11.0. The van der Waals surface area contributed by atoms with Gasteiger partial charge in [-0.05, 0) is 10.8 Å². The molecular formula is C12H18F2S. The van der Waals surface area contributed by atoms with Crippen molar-refractivity contribution in [1.82, 2.24) is 0 Å². The maximum absolute atomic E-state index is 13.7. The molecular weight excluding hydrogens is 214 g/mol. The Labute approximate surface area is 94.3 Å². The van der Waals surface area contributed by atoms with Crippen LogP contribution in [0.3, 0.4) is 0 Å². The first kappa shape index (κ1) is 12.6. The van der Waals surface area contributed by atoms with Crippen LogP contribution in [0.5, 0.6) is 0 Å². The highest BCUT2D eigenvalue weighted by molar-refractivity contribution is 7.12. The van der Waals surface area contributed by atoms with Gasteiger partial charge in [0.05, 0.1) is 0 Å². The minimum absolute atomic E-state index is 0.334. The summed E-state index contributed by atoms with van der Waals surface area (Å²) in [6, 6.07) is 0. The lowest BCUT2D eigenvalue weighted by Gasteiger charge is -2.17. The fraction of sp³-hybridized carbons (Fsp3) is 0.667.